The lowest BCUT2D eigenvalue weighted by molar-refractivity contribution is 0.156. The van der Waals surface area contributed by atoms with Gasteiger partial charge in [0.15, 0.2) is 0 Å². The molecule has 25 heavy (non-hydrogen) atoms. The van der Waals surface area contributed by atoms with Gasteiger partial charge in [-0.25, -0.2) is 4.98 Å². The SMILES string of the molecule is CC1CCCCN1CCCn1cnc2c([nH]c3ccc(Cl)cc32)c1=O. The Labute approximate surface area is 151 Å². The molecule has 5 nitrogen and oxygen atoms in total. The van der Waals surface area contributed by atoms with Crippen LogP contribution in [-0.4, -0.2) is 38.6 Å². The van der Waals surface area contributed by atoms with E-state index in [0.717, 1.165) is 23.9 Å². The van der Waals surface area contributed by atoms with Crippen molar-refractivity contribution in [2.45, 2.75) is 45.2 Å². The maximum atomic E-state index is 12.8. The smallest absolute Gasteiger partial charge is 0.277 e. The van der Waals surface area contributed by atoms with Crippen molar-refractivity contribution in [2.24, 2.45) is 0 Å². The van der Waals surface area contributed by atoms with Gasteiger partial charge in [0.1, 0.15) is 11.0 Å². The lowest BCUT2D eigenvalue weighted by atomic mass is 10.0. The van der Waals surface area contributed by atoms with Crippen LogP contribution in [-0.2, 0) is 6.54 Å². The predicted molar refractivity (Wildman–Crippen MR) is 102 cm³/mol. The van der Waals surface area contributed by atoms with E-state index in [-0.39, 0.29) is 5.56 Å². The van der Waals surface area contributed by atoms with E-state index in [4.69, 9.17) is 11.6 Å². The van der Waals surface area contributed by atoms with Gasteiger partial charge < -0.3 is 9.88 Å². The first-order valence-electron chi connectivity index (χ1n) is 9.04. The highest BCUT2D eigenvalue weighted by Gasteiger charge is 2.17. The van der Waals surface area contributed by atoms with Crippen LogP contribution in [0.4, 0.5) is 0 Å². The summed E-state index contributed by atoms with van der Waals surface area (Å²) in [6.45, 7) is 5.21. The van der Waals surface area contributed by atoms with E-state index in [0.29, 0.717) is 28.6 Å². The molecule has 132 valence electrons. The molecule has 2 aromatic heterocycles. The number of piperidine rings is 1. The third-order valence-corrected chi connectivity index (χ3v) is 5.55. The predicted octanol–water partition coefficient (Wildman–Crippen LogP) is 3.80. The number of nitrogens with zero attached hydrogens (tertiary/aromatic N) is 3. The first-order chi connectivity index (χ1) is 12.1. The number of halogens is 1. The van der Waals surface area contributed by atoms with Crippen molar-refractivity contribution < 1.29 is 0 Å². The third kappa shape index (κ3) is 3.18. The number of aromatic amines is 1. The Hall–Kier alpha value is -1.85. The molecule has 1 saturated heterocycles. The first kappa shape index (κ1) is 16.6. The molecule has 4 rings (SSSR count). The highest BCUT2D eigenvalue weighted by atomic mass is 35.5. The Bertz CT molecular complexity index is 961. The lowest BCUT2D eigenvalue weighted by Gasteiger charge is -2.33. The van der Waals surface area contributed by atoms with Crippen LogP contribution in [0.15, 0.2) is 29.3 Å². The normalized spacial score (nSPS) is 19.0. The van der Waals surface area contributed by atoms with E-state index in [9.17, 15) is 4.79 Å². The molecule has 0 aliphatic carbocycles. The molecule has 0 amide bonds. The van der Waals surface area contributed by atoms with Gasteiger partial charge in [-0.05, 0) is 50.9 Å². The van der Waals surface area contributed by atoms with E-state index in [1.54, 1.807) is 10.9 Å². The van der Waals surface area contributed by atoms with Gasteiger partial charge in [-0.3, -0.25) is 9.36 Å². The molecule has 1 aliphatic heterocycles. The number of likely N-dealkylation sites (tertiary alicyclic amines) is 1. The Morgan fingerprint density at radius 2 is 2.20 bits per heavy atom. The van der Waals surface area contributed by atoms with Crippen LogP contribution >= 0.6 is 11.6 Å². The van der Waals surface area contributed by atoms with Crippen molar-refractivity contribution in [3.8, 4) is 0 Å². The molecule has 0 bridgehead atoms. The topological polar surface area (TPSA) is 53.9 Å². The summed E-state index contributed by atoms with van der Waals surface area (Å²) in [6, 6.07) is 6.22. The molecule has 1 fully saturated rings. The van der Waals surface area contributed by atoms with Gasteiger partial charge in [0, 0.05) is 35.1 Å². The van der Waals surface area contributed by atoms with Crippen molar-refractivity contribution in [3.63, 3.8) is 0 Å². The third-order valence-electron chi connectivity index (χ3n) is 5.32. The molecule has 1 aromatic carbocycles. The zero-order valence-electron chi connectivity index (χ0n) is 14.5. The van der Waals surface area contributed by atoms with E-state index < -0.39 is 0 Å². The summed E-state index contributed by atoms with van der Waals surface area (Å²) in [6.07, 6.45) is 6.53. The molecule has 1 N–H and O–H groups in total. The number of aromatic nitrogens is 3. The second-order valence-electron chi connectivity index (χ2n) is 7.02. The zero-order chi connectivity index (χ0) is 17.4. The zero-order valence-corrected chi connectivity index (χ0v) is 15.2. The lowest BCUT2D eigenvalue weighted by Crippen LogP contribution is -2.38. The summed E-state index contributed by atoms with van der Waals surface area (Å²) < 4.78 is 1.72. The number of nitrogens with one attached hydrogen (secondary N) is 1. The van der Waals surface area contributed by atoms with Gasteiger partial charge in [-0.2, -0.15) is 0 Å². The summed E-state index contributed by atoms with van der Waals surface area (Å²) in [4.78, 5) is 23.0. The Morgan fingerprint density at radius 3 is 3.04 bits per heavy atom. The minimum atomic E-state index is -0.0102. The van der Waals surface area contributed by atoms with Crippen LogP contribution in [0.1, 0.15) is 32.6 Å². The Kier molecular flexibility index (Phi) is 4.52. The maximum Gasteiger partial charge on any atom is 0.277 e. The fourth-order valence-electron chi connectivity index (χ4n) is 3.86. The second kappa shape index (κ2) is 6.81. The molecule has 6 heteroatoms. The molecule has 1 atom stereocenters. The molecule has 1 aliphatic rings. The monoisotopic (exact) mass is 358 g/mol. The van der Waals surface area contributed by atoms with Crippen LogP contribution < -0.4 is 5.56 Å². The summed E-state index contributed by atoms with van der Waals surface area (Å²) in [7, 11) is 0. The van der Waals surface area contributed by atoms with Gasteiger partial charge >= 0.3 is 0 Å². The Balaban J connectivity index is 1.55. The summed E-state index contributed by atoms with van der Waals surface area (Å²) in [5, 5.41) is 1.55. The number of H-pyrrole nitrogens is 1. The Morgan fingerprint density at radius 1 is 1.32 bits per heavy atom. The van der Waals surface area contributed by atoms with Gasteiger partial charge in [0.25, 0.3) is 5.56 Å². The van der Waals surface area contributed by atoms with Crippen molar-refractivity contribution in [1.29, 1.82) is 0 Å². The van der Waals surface area contributed by atoms with Crippen molar-refractivity contribution in [3.05, 3.63) is 39.9 Å². The second-order valence-corrected chi connectivity index (χ2v) is 7.45. The highest BCUT2D eigenvalue weighted by Crippen LogP contribution is 2.24. The van der Waals surface area contributed by atoms with E-state index in [1.165, 1.54) is 25.8 Å². The molecular weight excluding hydrogens is 336 g/mol. The average molecular weight is 359 g/mol. The fourth-order valence-corrected chi connectivity index (χ4v) is 4.03. The van der Waals surface area contributed by atoms with Crippen LogP contribution in [0.3, 0.4) is 0 Å². The number of aryl methyl sites for hydroxylation is 1. The maximum absolute atomic E-state index is 12.8. The molecular formula is C19H23ClN4O. The minimum Gasteiger partial charge on any atom is -0.349 e. The van der Waals surface area contributed by atoms with Gasteiger partial charge in [0.2, 0.25) is 0 Å². The van der Waals surface area contributed by atoms with Crippen molar-refractivity contribution in [1.82, 2.24) is 19.4 Å². The standard InChI is InChI=1S/C19H23ClN4O/c1-13-5-2-3-8-23(13)9-4-10-24-12-21-17-15-11-14(20)6-7-16(15)22-18(17)19(24)25/h6-7,11-13,22H,2-5,8-10H2,1H3. The first-order valence-corrected chi connectivity index (χ1v) is 9.42. The van der Waals surface area contributed by atoms with E-state index in [1.807, 2.05) is 18.2 Å². The van der Waals surface area contributed by atoms with E-state index >= 15 is 0 Å². The molecule has 3 aromatic rings. The van der Waals surface area contributed by atoms with Crippen LogP contribution in [0.2, 0.25) is 5.02 Å². The number of fused-ring (bicyclic) bond motifs is 3. The number of hydrogen-bond donors (Lipinski definition) is 1. The van der Waals surface area contributed by atoms with Gasteiger partial charge in [0.05, 0.1) is 6.33 Å². The average Bonchev–Trinajstić information content (AvgIpc) is 2.97. The summed E-state index contributed by atoms with van der Waals surface area (Å²) in [5.41, 5.74) is 2.14. The number of hydrogen-bond acceptors (Lipinski definition) is 3. The van der Waals surface area contributed by atoms with Crippen LogP contribution in [0.25, 0.3) is 21.9 Å². The quantitative estimate of drug-likeness (QED) is 0.771. The van der Waals surface area contributed by atoms with Crippen LogP contribution in [0, 0.1) is 0 Å². The number of benzene rings is 1. The number of rotatable bonds is 4. The summed E-state index contributed by atoms with van der Waals surface area (Å²) in [5.74, 6) is 0. The molecule has 1 unspecified atom stereocenters. The molecule has 0 saturated carbocycles. The highest BCUT2D eigenvalue weighted by molar-refractivity contribution is 6.31. The van der Waals surface area contributed by atoms with Gasteiger partial charge in [-0.15, -0.1) is 0 Å². The van der Waals surface area contributed by atoms with Gasteiger partial charge in [-0.1, -0.05) is 18.0 Å². The largest absolute Gasteiger partial charge is 0.349 e. The fraction of sp³-hybridized carbons (Fsp3) is 0.474. The summed E-state index contributed by atoms with van der Waals surface area (Å²) >= 11 is 6.07. The minimum absolute atomic E-state index is 0.0102. The van der Waals surface area contributed by atoms with Crippen molar-refractivity contribution in [2.75, 3.05) is 13.1 Å². The van der Waals surface area contributed by atoms with Crippen molar-refractivity contribution >= 4 is 33.5 Å². The molecule has 3 heterocycles. The molecule has 0 radical (unpaired) electrons. The van der Waals surface area contributed by atoms with Crippen LogP contribution in [0.5, 0.6) is 0 Å². The molecule has 0 spiro atoms. The van der Waals surface area contributed by atoms with E-state index in [2.05, 4.69) is 21.8 Å².